The third kappa shape index (κ3) is 3.44. The molecule has 1 amide bonds. The molecule has 26 heavy (non-hydrogen) atoms. The van der Waals surface area contributed by atoms with Crippen molar-refractivity contribution < 1.29 is 23.4 Å². The topological polar surface area (TPSA) is 56.8 Å². The number of nitrogens with one attached hydrogen (secondary N) is 1. The number of benzene rings is 2. The lowest BCUT2D eigenvalue weighted by Gasteiger charge is -2.26. The van der Waals surface area contributed by atoms with E-state index in [9.17, 15) is 9.18 Å². The Morgan fingerprint density at radius 2 is 1.85 bits per heavy atom. The van der Waals surface area contributed by atoms with Gasteiger partial charge in [-0.1, -0.05) is 12.1 Å². The van der Waals surface area contributed by atoms with E-state index in [0.29, 0.717) is 27.7 Å². The van der Waals surface area contributed by atoms with Crippen LogP contribution >= 0.6 is 11.8 Å². The average molecular weight is 377 g/mol. The Balaban J connectivity index is 1.89. The quantitative estimate of drug-likeness (QED) is 0.859. The van der Waals surface area contributed by atoms with Crippen molar-refractivity contribution in [3.8, 4) is 17.2 Å². The maximum Gasteiger partial charge on any atom is 0.252 e. The zero-order chi connectivity index (χ0) is 18.7. The number of hydrogen-bond acceptors (Lipinski definition) is 5. The van der Waals surface area contributed by atoms with Gasteiger partial charge >= 0.3 is 0 Å². The van der Waals surface area contributed by atoms with Crippen LogP contribution in [0.2, 0.25) is 0 Å². The van der Waals surface area contributed by atoms with Crippen LogP contribution in [0.5, 0.6) is 17.2 Å². The smallest absolute Gasteiger partial charge is 0.252 e. The number of halogens is 1. The molecule has 1 aliphatic rings. The van der Waals surface area contributed by atoms with Crippen LogP contribution in [0.4, 0.5) is 4.39 Å². The minimum atomic E-state index is -0.281. The first-order valence-corrected chi connectivity index (χ1v) is 9.09. The molecule has 0 saturated carbocycles. The maximum absolute atomic E-state index is 14.0. The van der Waals surface area contributed by atoms with Crippen molar-refractivity contribution in [1.82, 2.24) is 5.32 Å². The lowest BCUT2D eigenvalue weighted by atomic mass is 10.0. The lowest BCUT2D eigenvalue weighted by molar-refractivity contribution is 0.0934. The molecule has 0 fully saturated rings. The van der Waals surface area contributed by atoms with Crippen molar-refractivity contribution in [1.29, 1.82) is 0 Å². The zero-order valence-corrected chi connectivity index (χ0v) is 15.6. The van der Waals surface area contributed by atoms with Crippen LogP contribution in [-0.4, -0.2) is 33.0 Å². The summed E-state index contributed by atoms with van der Waals surface area (Å²) in [5, 5.41) is 2.99. The number of rotatable bonds is 5. The third-order valence-corrected chi connectivity index (χ3v) is 5.42. The number of ether oxygens (including phenoxy) is 3. The fourth-order valence-electron chi connectivity index (χ4n) is 2.99. The standard InChI is InChI=1S/C19H20FNO4S/c1-23-15-9-11(10-16(24-2)17(15)25-3)19(22)21-14-7-8-26-18-12(14)5-4-6-13(18)20/h4-6,9-10,14H,7-8H2,1-3H3,(H,21,22). The van der Waals surface area contributed by atoms with Gasteiger partial charge in [-0.25, -0.2) is 4.39 Å². The second kappa shape index (κ2) is 7.86. The van der Waals surface area contributed by atoms with Gasteiger partial charge in [-0.15, -0.1) is 11.8 Å². The van der Waals surface area contributed by atoms with Gasteiger partial charge in [0.1, 0.15) is 5.82 Å². The van der Waals surface area contributed by atoms with E-state index >= 15 is 0 Å². The Morgan fingerprint density at radius 1 is 1.15 bits per heavy atom. The molecule has 2 aromatic carbocycles. The summed E-state index contributed by atoms with van der Waals surface area (Å²) >= 11 is 1.48. The molecule has 2 aromatic rings. The molecule has 5 nitrogen and oxygen atoms in total. The number of fused-ring (bicyclic) bond motifs is 1. The Morgan fingerprint density at radius 3 is 2.46 bits per heavy atom. The van der Waals surface area contributed by atoms with E-state index in [-0.39, 0.29) is 17.8 Å². The molecule has 7 heteroatoms. The van der Waals surface area contributed by atoms with Crippen LogP contribution in [0, 0.1) is 5.82 Å². The van der Waals surface area contributed by atoms with Crippen LogP contribution < -0.4 is 19.5 Å². The van der Waals surface area contributed by atoms with E-state index in [4.69, 9.17) is 14.2 Å². The number of amides is 1. The highest BCUT2D eigenvalue weighted by molar-refractivity contribution is 7.99. The van der Waals surface area contributed by atoms with Crippen molar-refractivity contribution in [2.24, 2.45) is 0 Å². The van der Waals surface area contributed by atoms with Gasteiger partial charge in [-0.05, 0) is 30.2 Å². The molecule has 138 valence electrons. The van der Waals surface area contributed by atoms with E-state index in [2.05, 4.69) is 5.32 Å². The number of methoxy groups -OCH3 is 3. The monoisotopic (exact) mass is 377 g/mol. The largest absolute Gasteiger partial charge is 0.493 e. The van der Waals surface area contributed by atoms with Crippen molar-refractivity contribution in [2.45, 2.75) is 17.4 Å². The van der Waals surface area contributed by atoms with Crippen LogP contribution in [0.1, 0.15) is 28.4 Å². The summed E-state index contributed by atoms with van der Waals surface area (Å²) in [4.78, 5) is 13.4. The van der Waals surface area contributed by atoms with Crippen LogP contribution in [0.3, 0.4) is 0 Å². The normalized spacial score (nSPS) is 15.8. The first kappa shape index (κ1) is 18.4. The summed E-state index contributed by atoms with van der Waals surface area (Å²) in [7, 11) is 4.50. The first-order chi connectivity index (χ1) is 12.6. The molecule has 0 spiro atoms. The zero-order valence-electron chi connectivity index (χ0n) is 14.8. The Kier molecular flexibility index (Phi) is 5.56. The van der Waals surface area contributed by atoms with Crippen molar-refractivity contribution in [3.05, 3.63) is 47.3 Å². The molecule has 0 saturated heterocycles. The first-order valence-electron chi connectivity index (χ1n) is 8.11. The van der Waals surface area contributed by atoms with E-state index in [1.807, 2.05) is 6.07 Å². The molecule has 1 atom stereocenters. The number of thioether (sulfide) groups is 1. The number of hydrogen-bond donors (Lipinski definition) is 1. The minimum Gasteiger partial charge on any atom is -0.493 e. The molecular formula is C19H20FNO4S. The molecule has 1 heterocycles. The van der Waals surface area contributed by atoms with Gasteiger partial charge < -0.3 is 19.5 Å². The van der Waals surface area contributed by atoms with Crippen LogP contribution in [0.15, 0.2) is 35.2 Å². The molecule has 1 aliphatic heterocycles. The maximum atomic E-state index is 14.0. The molecule has 1 unspecified atom stereocenters. The predicted octanol–water partition coefficient (Wildman–Crippen LogP) is 3.82. The van der Waals surface area contributed by atoms with Crippen molar-refractivity contribution in [3.63, 3.8) is 0 Å². The summed E-state index contributed by atoms with van der Waals surface area (Å²) in [6.07, 6.45) is 0.733. The Hall–Kier alpha value is -2.41. The Bertz CT molecular complexity index is 802. The number of carbonyl (C=O) groups excluding carboxylic acids is 1. The van der Waals surface area contributed by atoms with Crippen LogP contribution in [0.25, 0.3) is 0 Å². The summed E-state index contributed by atoms with van der Waals surface area (Å²) in [6.45, 7) is 0. The highest BCUT2D eigenvalue weighted by Crippen LogP contribution is 2.40. The second-order valence-electron chi connectivity index (χ2n) is 5.74. The molecule has 0 radical (unpaired) electrons. The summed E-state index contributed by atoms with van der Waals surface area (Å²) in [5.74, 6) is 1.45. The van der Waals surface area contributed by atoms with Gasteiger partial charge in [0.05, 0.1) is 27.4 Å². The summed E-state index contributed by atoms with van der Waals surface area (Å²) < 4.78 is 29.9. The molecule has 1 N–H and O–H groups in total. The van der Waals surface area contributed by atoms with E-state index in [1.165, 1.54) is 39.2 Å². The van der Waals surface area contributed by atoms with Gasteiger partial charge in [-0.3, -0.25) is 4.79 Å². The highest BCUT2D eigenvalue weighted by Gasteiger charge is 2.26. The highest BCUT2D eigenvalue weighted by atomic mass is 32.2. The second-order valence-corrected chi connectivity index (χ2v) is 6.84. The average Bonchev–Trinajstić information content (AvgIpc) is 2.67. The summed E-state index contributed by atoms with van der Waals surface area (Å²) in [6, 6.07) is 7.91. The third-order valence-electron chi connectivity index (χ3n) is 4.26. The lowest BCUT2D eigenvalue weighted by Crippen LogP contribution is -2.31. The van der Waals surface area contributed by atoms with Gasteiger partial charge in [0.25, 0.3) is 5.91 Å². The van der Waals surface area contributed by atoms with E-state index < -0.39 is 0 Å². The molecule has 0 aliphatic carbocycles. The van der Waals surface area contributed by atoms with Gasteiger partial charge in [0.2, 0.25) is 5.75 Å². The van der Waals surface area contributed by atoms with Crippen molar-refractivity contribution >= 4 is 17.7 Å². The van der Waals surface area contributed by atoms with Gasteiger partial charge in [0.15, 0.2) is 11.5 Å². The van der Waals surface area contributed by atoms with E-state index in [1.54, 1.807) is 18.2 Å². The molecule has 0 aromatic heterocycles. The summed E-state index contributed by atoms with van der Waals surface area (Å²) in [5.41, 5.74) is 1.19. The van der Waals surface area contributed by atoms with Gasteiger partial charge in [0, 0.05) is 16.2 Å². The molecular weight excluding hydrogens is 357 g/mol. The fraction of sp³-hybridized carbons (Fsp3) is 0.316. The van der Waals surface area contributed by atoms with Crippen LogP contribution in [-0.2, 0) is 0 Å². The molecule has 3 rings (SSSR count). The van der Waals surface area contributed by atoms with Gasteiger partial charge in [-0.2, -0.15) is 0 Å². The fourth-order valence-corrected chi connectivity index (χ4v) is 4.13. The van der Waals surface area contributed by atoms with E-state index in [0.717, 1.165) is 17.7 Å². The number of carbonyl (C=O) groups is 1. The van der Waals surface area contributed by atoms with Crippen molar-refractivity contribution in [2.75, 3.05) is 27.1 Å². The SMILES string of the molecule is COc1cc(C(=O)NC2CCSc3c(F)cccc32)cc(OC)c1OC. The molecule has 0 bridgehead atoms. The Labute approximate surface area is 155 Å². The predicted molar refractivity (Wildman–Crippen MR) is 98.0 cm³/mol. The minimum absolute atomic E-state index is 0.242.